The number of amides is 1. The number of rotatable bonds is 3. The Morgan fingerprint density at radius 1 is 1.35 bits per heavy atom. The molecule has 0 unspecified atom stereocenters. The van der Waals surface area contributed by atoms with Crippen molar-refractivity contribution in [2.75, 3.05) is 0 Å². The molecule has 6 heteroatoms. The first-order chi connectivity index (χ1) is 12.3. The summed E-state index contributed by atoms with van der Waals surface area (Å²) >= 11 is 0. The number of aryl methyl sites for hydroxylation is 1. The largest absolute Gasteiger partial charge is 0.507 e. The zero-order chi connectivity index (χ0) is 18.9. The van der Waals surface area contributed by atoms with Crippen LogP contribution in [-0.2, 0) is 12.8 Å². The van der Waals surface area contributed by atoms with E-state index < -0.39 is 0 Å². The molecular weight excluding hydrogens is 328 g/mol. The SMILES string of the molecule is C/C(=N/NC(=O)c1n[nH]c2c1C[C@@H](C(C)(C)C)CC2)c1ccccc1O. The normalized spacial score (nSPS) is 17.7. The van der Waals surface area contributed by atoms with E-state index in [1.807, 2.05) is 6.07 Å². The topological polar surface area (TPSA) is 90.4 Å². The molecule has 0 radical (unpaired) electrons. The Kier molecular flexibility index (Phi) is 4.85. The number of para-hydroxylation sites is 1. The van der Waals surface area contributed by atoms with Crippen LogP contribution in [-0.4, -0.2) is 26.9 Å². The van der Waals surface area contributed by atoms with Gasteiger partial charge in [0.15, 0.2) is 5.69 Å². The number of hydrogen-bond acceptors (Lipinski definition) is 4. The minimum atomic E-state index is -0.327. The molecule has 2 aromatic rings. The van der Waals surface area contributed by atoms with Gasteiger partial charge in [-0.3, -0.25) is 9.89 Å². The summed E-state index contributed by atoms with van der Waals surface area (Å²) in [5.41, 5.74) is 6.37. The first kappa shape index (κ1) is 18.2. The van der Waals surface area contributed by atoms with E-state index in [0.717, 1.165) is 30.5 Å². The zero-order valence-corrected chi connectivity index (χ0v) is 15.8. The van der Waals surface area contributed by atoms with Crippen molar-refractivity contribution in [3.05, 3.63) is 46.8 Å². The molecule has 0 saturated carbocycles. The van der Waals surface area contributed by atoms with Crippen molar-refractivity contribution in [2.45, 2.75) is 47.0 Å². The molecule has 1 amide bonds. The average molecular weight is 354 g/mol. The van der Waals surface area contributed by atoms with Crippen molar-refractivity contribution in [3.63, 3.8) is 0 Å². The third-order valence-electron chi connectivity index (χ3n) is 5.20. The fourth-order valence-electron chi connectivity index (χ4n) is 3.45. The summed E-state index contributed by atoms with van der Waals surface area (Å²) < 4.78 is 0. The Morgan fingerprint density at radius 2 is 2.08 bits per heavy atom. The van der Waals surface area contributed by atoms with E-state index in [1.165, 1.54) is 0 Å². The lowest BCUT2D eigenvalue weighted by Crippen LogP contribution is -2.28. The Hall–Kier alpha value is -2.63. The van der Waals surface area contributed by atoms with Crippen molar-refractivity contribution in [1.29, 1.82) is 0 Å². The number of fused-ring (bicyclic) bond motifs is 1. The maximum atomic E-state index is 12.6. The first-order valence-electron chi connectivity index (χ1n) is 8.96. The molecule has 0 fully saturated rings. The third-order valence-corrected chi connectivity index (χ3v) is 5.20. The summed E-state index contributed by atoms with van der Waals surface area (Å²) in [6, 6.07) is 6.90. The van der Waals surface area contributed by atoms with Gasteiger partial charge in [0.1, 0.15) is 5.75 Å². The molecular formula is C20H26N4O2. The molecule has 1 aliphatic carbocycles. The molecule has 1 heterocycles. The Balaban J connectivity index is 1.77. The van der Waals surface area contributed by atoms with Gasteiger partial charge >= 0.3 is 0 Å². The van der Waals surface area contributed by atoms with Gasteiger partial charge in [-0.15, -0.1) is 0 Å². The van der Waals surface area contributed by atoms with Gasteiger partial charge in [0.25, 0.3) is 5.91 Å². The van der Waals surface area contributed by atoms with E-state index in [1.54, 1.807) is 25.1 Å². The summed E-state index contributed by atoms with van der Waals surface area (Å²) in [6.45, 7) is 8.46. The number of phenols is 1. The molecule has 1 aromatic carbocycles. The third kappa shape index (κ3) is 3.64. The number of aromatic hydroxyl groups is 1. The molecule has 0 saturated heterocycles. The number of hydrogen-bond donors (Lipinski definition) is 3. The second-order valence-corrected chi connectivity index (χ2v) is 7.99. The maximum Gasteiger partial charge on any atom is 0.292 e. The predicted octanol–water partition coefficient (Wildman–Crippen LogP) is 3.42. The molecule has 0 bridgehead atoms. The number of carbonyl (C=O) groups is 1. The maximum absolute atomic E-state index is 12.6. The Bertz CT molecular complexity index is 846. The first-order valence-corrected chi connectivity index (χ1v) is 8.96. The van der Waals surface area contributed by atoms with Gasteiger partial charge in [-0.25, -0.2) is 5.43 Å². The van der Waals surface area contributed by atoms with Crippen LogP contribution in [0.1, 0.15) is 61.4 Å². The van der Waals surface area contributed by atoms with E-state index in [-0.39, 0.29) is 17.1 Å². The number of benzene rings is 1. The summed E-state index contributed by atoms with van der Waals surface area (Å²) in [4.78, 5) is 12.6. The fraction of sp³-hybridized carbons (Fsp3) is 0.450. The van der Waals surface area contributed by atoms with Gasteiger partial charge in [0, 0.05) is 16.8 Å². The molecule has 0 spiro atoms. The van der Waals surface area contributed by atoms with Crippen LogP contribution in [0.4, 0.5) is 0 Å². The monoisotopic (exact) mass is 354 g/mol. The van der Waals surface area contributed by atoms with Gasteiger partial charge < -0.3 is 5.11 Å². The number of H-pyrrole nitrogens is 1. The highest BCUT2D eigenvalue weighted by molar-refractivity contribution is 6.02. The molecule has 3 N–H and O–H groups in total. The van der Waals surface area contributed by atoms with E-state index in [0.29, 0.717) is 22.9 Å². The van der Waals surface area contributed by atoms with Crippen LogP contribution in [0.5, 0.6) is 5.75 Å². The number of nitrogens with zero attached hydrogens (tertiary/aromatic N) is 2. The van der Waals surface area contributed by atoms with Gasteiger partial charge in [0.05, 0.1) is 5.71 Å². The second kappa shape index (κ2) is 6.94. The van der Waals surface area contributed by atoms with E-state index in [9.17, 15) is 9.90 Å². The molecule has 1 aromatic heterocycles. The fourth-order valence-corrected chi connectivity index (χ4v) is 3.45. The highest BCUT2D eigenvalue weighted by atomic mass is 16.3. The zero-order valence-electron chi connectivity index (χ0n) is 15.8. The lowest BCUT2D eigenvalue weighted by molar-refractivity contribution is 0.0947. The number of aromatic nitrogens is 2. The van der Waals surface area contributed by atoms with Crippen LogP contribution in [0.25, 0.3) is 0 Å². The highest BCUT2D eigenvalue weighted by Crippen LogP contribution is 2.37. The molecule has 1 aliphatic rings. The molecule has 6 nitrogen and oxygen atoms in total. The lowest BCUT2D eigenvalue weighted by atomic mass is 9.71. The molecule has 0 aliphatic heterocycles. The standard InChI is InChI=1S/C20H26N4O2/c1-12(14-7-5-6-8-17(14)25)21-24-19(26)18-15-11-13(20(2,3)4)9-10-16(15)22-23-18/h5-8,13,25H,9-11H2,1-4H3,(H,22,23)(H,24,26)/b21-12-/t13-/m0/s1. The summed E-state index contributed by atoms with van der Waals surface area (Å²) in [5.74, 6) is 0.325. The van der Waals surface area contributed by atoms with Crippen LogP contribution in [0.15, 0.2) is 29.4 Å². The second-order valence-electron chi connectivity index (χ2n) is 7.99. The number of nitrogens with one attached hydrogen (secondary N) is 2. The van der Waals surface area contributed by atoms with Crippen LogP contribution in [0.3, 0.4) is 0 Å². The molecule has 3 rings (SSSR count). The van der Waals surface area contributed by atoms with Crippen LogP contribution in [0.2, 0.25) is 0 Å². The Labute approximate surface area is 153 Å². The average Bonchev–Trinajstić information content (AvgIpc) is 3.02. The van der Waals surface area contributed by atoms with Crippen LogP contribution < -0.4 is 5.43 Å². The summed E-state index contributed by atoms with van der Waals surface area (Å²) in [7, 11) is 0. The van der Waals surface area contributed by atoms with Crippen molar-refractivity contribution < 1.29 is 9.90 Å². The van der Waals surface area contributed by atoms with Crippen molar-refractivity contribution in [1.82, 2.24) is 15.6 Å². The van der Waals surface area contributed by atoms with Crippen molar-refractivity contribution in [3.8, 4) is 5.75 Å². The van der Waals surface area contributed by atoms with E-state index in [2.05, 4.69) is 41.5 Å². The van der Waals surface area contributed by atoms with Gasteiger partial charge in [-0.05, 0) is 49.7 Å². The van der Waals surface area contributed by atoms with Crippen molar-refractivity contribution >= 4 is 11.6 Å². The summed E-state index contributed by atoms with van der Waals surface area (Å²) in [5, 5.41) is 21.2. The van der Waals surface area contributed by atoms with Crippen molar-refractivity contribution in [2.24, 2.45) is 16.4 Å². The number of phenolic OH excluding ortho intramolecular Hbond substituents is 1. The smallest absolute Gasteiger partial charge is 0.292 e. The Morgan fingerprint density at radius 3 is 2.77 bits per heavy atom. The minimum absolute atomic E-state index is 0.133. The highest BCUT2D eigenvalue weighted by Gasteiger charge is 2.32. The minimum Gasteiger partial charge on any atom is -0.507 e. The molecule has 138 valence electrons. The number of hydrazone groups is 1. The summed E-state index contributed by atoms with van der Waals surface area (Å²) in [6.07, 6.45) is 2.86. The van der Waals surface area contributed by atoms with E-state index in [4.69, 9.17) is 0 Å². The van der Waals surface area contributed by atoms with Gasteiger partial charge in [0.2, 0.25) is 0 Å². The number of aromatic amines is 1. The van der Waals surface area contributed by atoms with E-state index >= 15 is 0 Å². The predicted molar refractivity (Wildman–Crippen MR) is 101 cm³/mol. The van der Waals surface area contributed by atoms with Gasteiger partial charge in [-0.2, -0.15) is 10.2 Å². The quantitative estimate of drug-likeness (QED) is 0.583. The lowest BCUT2D eigenvalue weighted by Gasteiger charge is -2.33. The molecule has 26 heavy (non-hydrogen) atoms. The van der Waals surface area contributed by atoms with Gasteiger partial charge in [-0.1, -0.05) is 32.9 Å². The number of carbonyl (C=O) groups excluding carboxylic acids is 1. The van der Waals surface area contributed by atoms with Crippen LogP contribution >= 0.6 is 0 Å². The van der Waals surface area contributed by atoms with Crippen LogP contribution in [0, 0.1) is 11.3 Å². The molecule has 1 atom stereocenters.